The minimum absolute atomic E-state index is 0.00253. The van der Waals surface area contributed by atoms with E-state index in [0.29, 0.717) is 24.5 Å². The predicted molar refractivity (Wildman–Crippen MR) is 95.0 cm³/mol. The van der Waals surface area contributed by atoms with Crippen molar-refractivity contribution in [3.8, 4) is 0 Å². The van der Waals surface area contributed by atoms with E-state index in [-0.39, 0.29) is 30.2 Å². The minimum Gasteiger partial charge on any atom is -0.332 e. The van der Waals surface area contributed by atoms with E-state index in [1.165, 1.54) is 28.4 Å². The molecule has 1 N–H and O–H groups in total. The summed E-state index contributed by atoms with van der Waals surface area (Å²) in [5, 5.41) is 5.07. The number of halogens is 1. The van der Waals surface area contributed by atoms with Gasteiger partial charge in [0.25, 0.3) is 5.91 Å². The summed E-state index contributed by atoms with van der Waals surface area (Å²) in [7, 11) is 1.62. The second-order valence-electron chi connectivity index (χ2n) is 6.00. The maximum Gasteiger partial charge on any atom is 0.264 e. The molecule has 0 radical (unpaired) electrons. The summed E-state index contributed by atoms with van der Waals surface area (Å²) >= 11 is 1.35. The monoisotopic (exact) mass is 361 g/mol. The quantitative estimate of drug-likeness (QED) is 0.908. The highest BCUT2D eigenvalue weighted by atomic mass is 32.1. The molecule has 0 bridgehead atoms. The van der Waals surface area contributed by atoms with Crippen LogP contribution in [0.3, 0.4) is 0 Å². The fourth-order valence-corrected chi connectivity index (χ4v) is 3.69. The van der Waals surface area contributed by atoms with Gasteiger partial charge in [0, 0.05) is 26.7 Å². The summed E-state index contributed by atoms with van der Waals surface area (Å²) in [5.74, 6) is -0.621. The van der Waals surface area contributed by atoms with E-state index in [1.54, 1.807) is 24.1 Å². The Morgan fingerprint density at radius 3 is 2.92 bits per heavy atom. The van der Waals surface area contributed by atoms with Gasteiger partial charge in [-0.3, -0.25) is 9.59 Å². The first-order chi connectivity index (χ1) is 12.1. The van der Waals surface area contributed by atoms with E-state index in [9.17, 15) is 14.0 Å². The maximum atomic E-state index is 13.5. The van der Waals surface area contributed by atoms with Crippen LogP contribution in [-0.2, 0) is 4.79 Å². The van der Waals surface area contributed by atoms with Crippen molar-refractivity contribution in [2.75, 3.05) is 33.2 Å². The second kappa shape index (κ2) is 7.76. The lowest BCUT2D eigenvalue weighted by Gasteiger charge is -2.37. The van der Waals surface area contributed by atoms with Crippen molar-refractivity contribution in [3.05, 3.63) is 58.0 Å². The summed E-state index contributed by atoms with van der Waals surface area (Å²) in [5.41, 5.74) is 0.757. The van der Waals surface area contributed by atoms with Crippen molar-refractivity contribution < 1.29 is 14.0 Å². The molecule has 1 saturated heterocycles. The average molecular weight is 361 g/mol. The van der Waals surface area contributed by atoms with Crippen molar-refractivity contribution >= 4 is 23.2 Å². The highest BCUT2D eigenvalue weighted by molar-refractivity contribution is 7.12. The lowest BCUT2D eigenvalue weighted by Crippen LogP contribution is -2.51. The van der Waals surface area contributed by atoms with Crippen LogP contribution in [0.25, 0.3) is 0 Å². The molecular formula is C18H20FN3O2S. The van der Waals surface area contributed by atoms with Crippen LogP contribution in [0.5, 0.6) is 0 Å². The van der Waals surface area contributed by atoms with Crippen LogP contribution in [0.15, 0.2) is 41.8 Å². The van der Waals surface area contributed by atoms with Gasteiger partial charge in [-0.05, 0) is 29.1 Å². The van der Waals surface area contributed by atoms with E-state index < -0.39 is 0 Å². The Hall–Kier alpha value is -2.25. The smallest absolute Gasteiger partial charge is 0.264 e. The van der Waals surface area contributed by atoms with E-state index in [0.717, 1.165) is 5.56 Å². The van der Waals surface area contributed by atoms with Crippen molar-refractivity contribution in [1.29, 1.82) is 0 Å². The van der Waals surface area contributed by atoms with Gasteiger partial charge in [-0.15, -0.1) is 11.3 Å². The Bertz CT molecular complexity index is 751. The fraction of sp³-hybridized carbons (Fsp3) is 0.333. The molecule has 2 amide bonds. The predicted octanol–water partition coefficient (Wildman–Crippen LogP) is 2.13. The Labute approximate surface area is 150 Å². The van der Waals surface area contributed by atoms with Gasteiger partial charge < -0.3 is 15.1 Å². The minimum atomic E-state index is -0.319. The number of carbonyl (C=O) groups excluding carboxylic acids is 2. The van der Waals surface area contributed by atoms with E-state index in [4.69, 9.17) is 0 Å². The van der Waals surface area contributed by atoms with Crippen molar-refractivity contribution in [3.63, 3.8) is 0 Å². The molecule has 1 aromatic carbocycles. The second-order valence-corrected chi connectivity index (χ2v) is 6.95. The maximum absolute atomic E-state index is 13.5. The number of nitrogens with one attached hydrogen (secondary N) is 1. The first-order valence-electron chi connectivity index (χ1n) is 8.11. The summed E-state index contributed by atoms with van der Waals surface area (Å²) < 4.78 is 13.5. The molecule has 2 aromatic rings. The van der Waals surface area contributed by atoms with Gasteiger partial charge in [-0.2, -0.15) is 0 Å². The third-order valence-electron chi connectivity index (χ3n) is 4.25. The molecule has 1 aliphatic heterocycles. The van der Waals surface area contributed by atoms with Gasteiger partial charge in [0.1, 0.15) is 5.82 Å². The lowest BCUT2D eigenvalue weighted by atomic mass is 10.0. The highest BCUT2D eigenvalue weighted by Gasteiger charge is 2.29. The summed E-state index contributed by atoms with van der Waals surface area (Å²) in [6.45, 7) is 1.78. The molecule has 0 saturated carbocycles. The van der Waals surface area contributed by atoms with Gasteiger partial charge in [0.05, 0.1) is 17.5 Å². The zero-order chi connectivity index (χ0) is 17.8. The number of thiophene rings is 1. The largest absolute Gasteiger partial charge is 0.332 e. The molecule has 2 heterocycles. The molecule has 132 valence electrons. The normalized spacial score (nSPS) is 17.4. The van der Waals surface area contributed by atoms with Crippen molar-refractivity contribution in [2.24, 2.45) is 0 Å². The molecule has 5 nitrogen and oxygen atoms in total. The van der Waals surface area contributed by atoms with Crippen LogP contribution in [0.2, 0.25) is 0 Å². The van der Waals surface area contributed by atoms with Gasteiger partial charge in [-0.25, -0.2) is 4.39 Å². The molecule has 1 aromatic heterocycles. The van der Waals surface area contributed by atoms with Gasteiger partial charge >= 0.3 is 0 Å². The number of likely N-dealkylation sites (N-methyl/N-ethyl adjacent to an activating group) is 1. The van der Waals surface area contributed by atoms with Gasteiger partial charge in [0.15, 0.2) is 0 Å². The molecule has 1 fully saturated rings. The van der Waals surface area contributed by atoms with E-state index >= 15 is 0 Å². The lowest BCUT2D eigenvalue weighted by molar-refractivity contribution is -0.135. The third kappa shape index (κ3) is 4.05. The zero-order valence-corrected chi connectivity index (χ0v) is 14.8. The molecule has 0 aliphatic carbocycles. The number of amides is 2. The number of nitrogens with zero attached hydrogens (tertiary/aromatic N) is 2. The zero-order valence-electron chi connectivity index (χ0n) is 13.9. The van der Waals surface area contributed by atoms with Crippen LogP contribution in [0, 0.1) is 5.82 Å². The van der Waals surface area contributed by atoms with Crippen LogP contribution < -0.4 is 5.32 Å². The molecule has 3 rings (SSSR count). The van der Waals surface area contributed by atoms with Gasteiger partial charge in [-0.1, -0.05) is 18.2 Å². The highest BCUT2D eigenvalue weighted by Crippen LogP contribution is 2.23. The Morgan fingerprint density at radius 1 is 1.36 bits per heavy atom. The number of hydrogen-bond donors (Lipinski definition) is 1. The van der Waals surface area contributed by atoms with Crippen molar-refractivity contribution in [2.45, 2.75) is 6.04 Å². The summed E-state index contributed by atoms with van der Waals surface area (Å²) in [6.07, 6.45) is 0. The first kappa shape index (κ1) is 17.6. The van der Waals surface area contributed by atoms with Crippen LogP contribution in [0.4, 0.5) is 4.39 Å². The standard InChI is InChI=1S/C18H20FN3O2S/c1-21(18(24)16-6-3-9-25-16)12-17(23)22-8-7-20-11-15(22)13-4-2-5-14(19)10-13/h2-6,9-10,15,20H,7-8,11-12H2,1H3. The molecule has 1 atom stereocenters. The van der Waals surface area contributed by atoms with E-state index in [2.05, 4.69) is 5.32 Å². The molecule has 7 heteroatoms. The topological polar surface area (TPSA) is 52.7 Å². The molecule has 1 aliphatic rings. The van der Waals surface area contributed by atoms with Crippen molar-refractivity contribution in [1.82, 2.24) is 15.1 Å². The number of carbonyl (C=O) groups is 2. The Kier molecular flexibility index (Phi) is 5.45. The van der Waals surface area contributed by atoms with Crippen LogP contribution in [-0.4, -0.2) is 54.8 Å². The number of benzene rings is 1. The SMILES string of the molecule is CN(CC(=O)N1CCNCC1c1cccc(F)c1)C(=O)c1cccs1. The van der Waals surface area contributed by atoms with Crippen LogP contribution >= 0.6 is 11.3 Å². The number of piperazine rings is 1. The number of rotatable bonds is 4. The average Bonchev–Trinajstić information content (AvgIpc) is 3.15. The Balaban J connectivity index is 1.71. The van der Waals surface area contributed by atoms with Crippen LogP contribution in [0.1, 0.15) is 21.3 Å². The summed E-state index contributed by atoms with van der Waals surface area (Å²) in [6, 6.07) is 9.63. The van der Waals surface area contributed by atoms with Gasteiger partial charge in [0.2, 0.25) is 5.91 Å². The first-order valence-corrected chi connectivity index (χ1v) is 8.99. The Morgan fingerprint density at radius 2 is 2.20 bits per heavy atom. The summed E-state index contributed by atoms with van der Waals surface area (Å²) in [4.78, 5) is 28.9. The molecule has 0 spiro atoms. The molecular weight excluding hydrogens is 341 g/mol. The number of hydrogen-bond acceptors (Lipinski definition) is 4. The third-order valence-corrected chi connectivity index (χ3v) is 5.11. The molecule has 1 unspecified atom stereocenters. The van der Waals surface area contributed by atoms with E-state index in [1.807, 2.05) is 17.5 Å². The molecule has 25 heavy (non-hydrogen) atoms. The fourth-order valence-electron chi connectivity index (χ4n) is 2.97.